The first-order valence-corrected chi connectivity index (χ1v) is 9.42. The Morgan fingerprint density at radius 3 is 2.36 bits per heavy atom. The van der Waals surface area contributed by atoms with Crippen LogP contribution in [0.4, 0.5) is 0 Å². The lowest BCUT2D eigenvalue weighted by atomic mass is 10.1. The third kappa shape index (κ3) is 3.33. The van der Waals surface area contributed by atoms with Crippen LogP contribution in [0.25, 0.3) is 16.9 Å². The molecule has 0 aliphatic heterocycles. The van der Waals surface area contributed by atoms with Gasteiger partial charge in [0.15, 0.2) is 5.69 Å². The van der Waals surface area contributed by atoms with Crippen LogP contribution in [0.5, 0.6) is 0 Å². The monoisotopic (exact) mass is 430 g/mol. The molecule has 0 N–H and O–H groups in total. The molecule has 0 fully saturated rings. The molecular weight excluding hydrogens is 419 g/mol. The molecule has 0 aliphatic rings. The zero-order valence-corrected chi connectivity index (χ0v) is 16.9. The van der Waals surface area contributed by atoms with Crippen LogP contribution >= 0.6 is 34.8 Å². The van der Waals surface area contributed by atoms with Gasteiger partial charge in [-0.1, -0.05) is 46.9 Å². The van der Waals surface area contributed by atoms with Gasteiger partial charge in [0.1, 0.15) is 6.33 Å². The second kappa shape index (κ2) is 7.43. The minimum Gasteiger partial charge on any atom is -0.271 e. The number of benzene rings is 2. The third-order valence-corrected chi connectivity index (χ3v) is 5.11. The van der Waals surface area contributed by atoms with E-state index < -0.39 is 0 Å². The molecule has 140 valence electrons. The lowest BCUT2D eigenvalue weighted by Gasteiger charge is -2.11. The molecule has 0 radical (unpaired) electrons. The van der Waals surface area contributed by atoms with E-state index in [9.17, 15) is 4.79 Å². The number of rotatable bonds is 3. The van der Waals surface area contributed by atoms with Gasteiger partial charge in [-0.15, -0.1) is 0 Å². The van der Waals surface area contributed by atoms with Gasteiger partial charge in [-0.2, -0.15) is 5.10 Å². The summed E-state index contributed by atoms with van der Waals surface area (Å²) < 4.78 is 3.04. The largest absolute Gasteiger partial charge is 0.283 e. The van der Waals surface area contributed by atoms with Crippen LogP contribution in [0.2, 0.25) is 15.1 Å². The number of nitrogens with zero attached hydrogens (tertiary/aromatic N) is 4. The first-order chi connectivity index (χ1) is 13.5. The number of carbonyl (C=O) groups excluding carboxylic acids is 1. The van der Waals surface area contributed by atoms with E-state index in [-0.39, 0.29) is 5.91 Å². The number of halogens is 3. The summed E-state index contributed by atoms with van der Waals surface area (Å²) in [5.41, 5.74) is 3.22. The van der Waals surface area contributed by atoms with Crippen molar-refractivity contribution < 1.29 is 4.79 Å². The van der Waals surface area contributed by atoms with Crippen LogP contribution < -0.4 is 0 Å². The summed E-state index contributed by atoms with van der Waals surface area (Å²) in [6.07, 6.45) is 4.57. The molecule has 8 heteroatoms. The quantitative estimate of drug-likeness (QED) is 0.418. The molecule has 0 aliphatic carbocycles. The van der Waals surface area contributed by atoms with E-state index in [2.05, 4.69) is 10.1 Å². The number of aromatic nitrogens is 4. The second-order valence-corrected chi connectivity index (χ2v) is 7.39. The Morgan fingerprint density at radius 2 is 1.71 bits per heavy atom. The summed E-state index contributed by atoms with van der Waals surface area (Å²) in [5, 5.41) is 6.14. The minimum absolute atomic E-state index is 0.283. The fourth-order valence-electron chi connectivity index (χ4n) is 2.97. The molecule has 0 saturated heterocycles. The molecule has 0 unspecified atom stereocenters. The number of carbonyl (C=O) groups is 1. The maximum atomic E-state index is 12.9. The molecule has 28 heavy (non-hydrogen) atoms. The first-order valence-electron chi connectivity index (χ1n) is 8.29. The molecule has 2 aromatic carbocycles. The lowest BCUT2D eigenvalue weighted by molar-refractivity contribution is 0.0954. The van der Waals surface area contributed by atoms with Crippen LogP contribution in [0.1, 0.15) is 16.1 Å². The maximum Gasteiger partial charge on any atom is 0.283 e. The fourth-order valence-corrected chi connectivity index (χ4v) is 3.59. The summed E-state index contributed by atoms with van der Waals surface area (Å²) in [4.78, 5) is 16.9. The van der Waals surface area contributed by atoms with Crippen LogP contribution in [0.15, 0.2) is 61.2 Å². The van der Waals surface area contributed by atoms with E-state index in [1.807, 2.05) is 19.1 Å². The van der Waals surface area contributed by atoms with Crippen molar-refractivity contribution in [2.24, 2.45) is 0 Å². The topological polar surface area (TPSA) is 52.7 Å². The molecule has 0 spiro atoms. The molecule has 0 bridgehead atoms. The average molecular weight is 432 g/mol. The molecule has 0 saturated carbocycles. The van der Waals surface area contributed by atoms with Gasteiger partial charge < -0.3 is 0 Å². The summed E-state index contributed by atoms with van der Waals surface area (Å²) in [5.74, 6) is -0.283. The molecule has 2 heterocycles. The molecule has 0 amide bonds. The Bertz CT molecular complexity index is 1170. The van der Waals surface area contributed by atoms with E-state index in [1.165, 1.54) is 10.9 Å². The molecule has 4 aromatic rings. The molecule has 0 atom stereocenters. The summed E-state index contributed by atoms with van der Waals surface area (Å²) in [7, 11) is 0. The van der Waals surface area contributed by atoms with Crippen LogP contribution in [-0.4, -0.2) is 25.2 Å². The normalized spacial score (nSPS) is 11.0. The van der Waals surface area contributed by atoms with Crippen molar-refractivity contribution in [3.05, 3.63) is 87.5 Å². The van der Waals surface area contributed by atoms with Crippen molar-refractivity contribution in [2.75, 3.05) is 0 Å². The van der Waals surface area contributed by atoms with Crippen molar-refractivity contribution in [3.8, 4) is 16.9 Å². The number of hydrogen-bond acceptors (Lipinski definition) is 3. The Hall–Kier alpha value is -2.60. The standard InChI is InChI=1S/C20H13Cl3N4O/c1-12-18(20(28)26-9-8-24-11-26)25-27(17-7-6-15(22)10-16(17)23)19(12)13-2-4-14(21)5-3-13/h2-11H,1H3. The highest BCUT2D eigenvalue weighted by Crippen LogP contribution is 2.33. The van der Waals surface area contributed by atoms with Gasteiger partial charge in [-0.05, 0) is 37.3 Å². The Morgan fingerprint density at radius 1 is 1.00 bits per heavy atom. The van der Waals surface area contributed by atoms with Gasteiger partial charge in [0, 0.05) is 33.6 Å². The number of imidazole rings is 1. The Labute approximate surface area is 176 Å². The van der Waals surface area contributed by atoms with Gasteiger partial charge in [0.2, 0.25) is 0 Å². The summed E-state index contributed by atoms with van der Waals surface area (Å²) in [6.45, 7) is 1.85. The van der Waals surface area contributed by atoms with E-state index in [0.29, 0.717) is 32.0 Å². The smallest absolute Gasteiger partial charge is 0.271 e. The van der Waals surface area contributed by atoms with Gasteiger partial charge in [0.25, 0.3) is 5.91 Å². The second-order valence-electron chi connectivity index (χ2n) is 6.11. The highest BCUT2D eigenvalue weighted by atomic mass is 35.5. The van der Waals surface area contributed by atoms with Gasteiger partial charge in [-0.3, -0.25) is 9.36 Å². The van der Waals surface area contributed by atoms with E-state index >= 15 is 0 Å². The van der Waals surface area contributed by atoms with Crippen molar-refractivity contribution in [3.63, 3.8) is 0 Å². The Balaban J connectivity index is 1.96. The van der Waals surface area contributed by atoms with Crippen molar-refractivity contribution in [1.82, 2.24) is 19.3 Å². The maximum absolute atomic E-state index is 12.9. The highest BCUT2D eigenvalue weighted by Gasteiger charge is 2.24. The third-order valence-electron chi connectivity index (χ3n) is 4.32. The van der Waals surface area contributed by atoms with E-state index in [0.717, 1.165) is 11.3 Å². The minimum atomic E-state index is -0.283. The molecule has 2 aromatic heterocycles. The lowest BCUT2D eigenvalue weighted by Crippen LogP contribution is -2.12. The van der Waals surface area contributed by atoms with Crippen LogP contribution in [-0.2, 0) is 0 Å². The van der Waals surface area contributed by atoms with E-state index in [4.69, 9.17) is 34.8 Å². The molecular formula is C20H13Cl3N4O. The SMILES string of the molecule is Cc1c(C(=O)n2ccnc2)nn(-c2ccc(Cl)cc2Cl)c1-c1ccc(Cl)cc1. The Kier molecular flexibility index (Phi) is 4.98. The zero-order valence-electron chi connectivity index (χ0n) is 14.6. The van der Waals surface area contributed by atoms with Crippen molar-refractivity contribution >= 4 is 40.7 Å². The highest BCUT2D eigenvalue weighted by molar-refractivity contribution is 6.35. The number of hydrogen-bond donors (Lipinski definition) is 0. The predicted octanol–water partition coefficient (Wildman–Crippen LogP) is 5.69. The average Bonchev–Trinajstić information content (AvgIpc) is 3.31. The summed E-state index contributed by atoms with van der Waals surface area (Å²) in [6, 6.07) is 12.4. The van der Waals surface area contributed by atoms with Crippen molar-refractivity contribution in [1.29, 1.82) is 0 Å². The molecule has 4 rings (SSSR count). The van der Waals surface area contributed by atoms with Crippen LogP contribution in [0.3, 0.4) is 0 Å². The summed E-state index contributed by atoms with van der Waals surface area (Å²) >= 11 is 18.5. The zero-order chi connectivity index (χ0) is 19.8. The van der Waals surface area contributed by atoms with Gasteiger partial charge in [0.05, 0.1) is 16.4 Å². The first kappa shape index (κ1) is 18.7. The van der Waals surface area contributed by atoms with Gasteiger partial charge >= 0.3 is 0 Å². The van der Waals surface area contributed by atoms with Crippen molar-refractivity contribution in [2.45, 2.75) is 6.92 Å². The fraction of sp³-hybridized carbons (Fsp3) is 0.0500. The van der Waals surface area contributed by atoms with Crippen LogP contribution in [0, 0.1) is 6.92 Å². The predicted molar refractivity (Wildman–Crippen MR) is 111 cm³/mol. The van der Waals surface area contributed by atoms with Gasteiger partial charge in [-0.25, -0.2) is 9.67 Å². The van der Waals surface area contributed by atoms with E-state index in [1.54, 1.807) is 47.4 Å². The molecule has 5 nitrogen and oxygen atoms in total.